The Morgan fingerprint density at radius 2 is 1.49 bits per heavy atom. The third-order valence-corrected chi connectivity index (χ3v) is 6.82. The number of ether oxygens (including phenoxy) is 2. The molecule has 0 unspecified atom stereocenters. The topological polar surface area (TPSA) is 72.3 Å². The van der Waals surface area contributed by atoms with Gasteiger partial charge in [0.2, 0.25) is 6.79 Å². The van der Waals surface area contributed by atoms with Crippen molar-refractivity contribution in [3.8, 4) is 17.6 Å². The fraction of sp³-hybridized carbons (Fsp3) is 0.407. The van der Waals surface area contributed by atoms with Crippen molar-refractivity contribution in [2.24, 2.45) is 0 Å². The molecule has 2 aromatic rings. The van der Waals surface area contributed by atoms with Crippen molar-refractivity contribution in [3.05, 3.63) is 71.4 Å². The molecule has 0 bridgehead atoms. The highest BCUT2D eigenvalue weighted by Gasteiger charge is 2.25. The number of carbonyl (C=O) groups excluding carboxylic acids is 1. The van der Waals surface area contributed by atoms with Crippen LogP contribution in [0.1, 0.15) is 11.1 Å². The van der Waals surface area contributed by atoms with Gasteiger partial charge in [0.05, 0.1) is 0 Å². The van der Waals surface area contributed by atoms with E-state index in [0.29, 0.717) is 13.1 Å². The third kappa shape index (κ3) is 5.76. The van der Waals surface area contributed by atoms with Crippen molar-refractivity contribution in [3.63, 3.8) is 0 Å². The molecule has 1 amide bonds. The summed E-state index contributed by atoms with van der Waals surface area (Å²) in [7, 11) is 0. The Kier molecular flexibility index (Phi) is 7.17. The molecule has 2 aromatic carbocycles. The van der Waals surface area contributed by atoms with E-state index in [9.17, 15) is 10.1 Å². The zero-order chi connectivity index (χ0) is 24.0. The summed E-state index contributed by atoms with van der Waals surface area (Å²) in [6, 6.07) is 18.6. The molecule has 0 aromatic heterocycles. The average Bonchev–Trinajstić information content (AvgIpc) is 3.37. The Morgan fingerprint density at radius 1 is 0.829 bits per heavy atom. The van der Waals surface area contributed by atoms with Crippen LogP contribution in [0.5, 0.6) is 11.5 Å². The van der Waals surface area contributed by atoms with Crippen molar-refractivity contribution in [1.29, 1.82) is 5.26 Å². The number of carbonyl (C=O) groups is 1. The van der Waals surface area contributed by atoms with Gasteiger partial charge in [-0.15, -0.1) is 0 Å². The predicted octanol–water partition coefficient (Wildman–Crippen LogP) is 2.28. The molecule has 0 aliphatic carbocycles. The van der Waals surface area contributed by atoms with Crippen LogP contribution in [0.15, 0.2) is 60.3 Å². The fourth-order valence-electron chi connectivity index (χ4n) is 4.78. The van der Waals surface area contributed by atoms with Crippen molar-refractivity contribution < 1.29 is 14.3 Å². The van der Waals surface area contributed by atoms with Crippen LogP contribution in [0.4, 0.5) is 0 Å². The van der Waals surface area contributed by atoms with Crippen LogP contribution < -0.4 is 9.47 Å². The summed E-state index contributed by atoms with van der Waals surface area (Å²) in [6.45, 7) is 8.25. The lowest BCUT2D eigenvalue weighted by Crippen LogP contribution is -2.49. The first-order chi connectivity index (χ1) is 17.2. The number of piperazine rings is 2. The lowest BCUT2D eigenvalue weighted by Gasteiger charge is -2.36. The molecule has 2 fully saturated rings. The maximum Gasteiger partial charge on any atom is 0.266 e. The molecule has 0 N–H and O–H groups in total. The summed E-state index contributed by atoms with van der Waals surface area (Å²) in [4.78, 5) is 21.7. The van der Waals surface area contributed by atoms with E-state index in [0.717, 1.165) is 63.9 Å². The van der Waals surface area contributed by atoms with Crippen molar-refractivity contribution in [1.82, 2.24) is 19.6 Å². The lowest BCUT2D eigenvalue weighted by atomic mass is 10.1. The highest BCUT2D eigenvalue weighted by Crippen LogP contribution is 2.32. The minimum atomic E-state index is -0.158. The van der Waals surface area contributed by atoms with Gasteiger partial charge in [-0.05, 0) is 23.3 Å². The number of nitriles is 1. The zero-order valence-electron chi connectivity index (χ0n) is 19.9. The third-order valence-electron chi connectivity index (χ3n) is 6.82. The summed E-state index contributed by atoms with van der Waals surface area (Å²) in [5, 5.41) is 9.69. The molecule has 0 saturated carbocycles. The Bertz CT molecular complexity index is 1100. The van der Waals surface area contributed by atoms with Gasteiger partial charge in [0.1, 0.15) is 11.6 Å². The summed E-state index contributed by atoms with van der Waals surface area (Å²) >= 11 is 0. The molecule has 3 aliphatic heterocycles. The van der Waals surface area contributed by atoms with Gasteiger partial charge in [-0.25, -0.2) is 0 Å². The van der Waals surface area contributed by atoms with Gasteiger partial charge in [0, 0.05) is 71.6 Å². The van der Waals surface area contributed by atoms with Gasteiger partial charge in [0.25, 0.3) is 5.91 Å². The second-order valence-electron chi connectivity index (χ2n) is 9.21. The van der Waals surface area contributed by atoms with E-state index in [2.05, 4.69) is 51.1 Å². The van der Waals surface area contributed by atoms with Crippen LogP contribution in [-0.2, 0) is 17.9 Å². The molecule has 0 spiro atoms. The molecule has 35 heavy (non-hydrogen) atoms. The van der Waals surface area contributed by atoms with E-state index in [1.165, 1.54) is 11.1 Å². The Morgan fingerprint density at radius 3 is 2.20 bits per heavy atom. The maximum absolute atomic E-state index is 13.0. The van der Waals surface area contributed by atoms with Crippen LogP contribution in [0, 0.1) is 11.3 Å². The molecule has 2 saturated heterocycles. The monoisotopic (exact) mass is 473 g/mol. The Hall–Kier alpha value is -3.54. The standard InChI is InChI=1S/C27H31N5O3/c28-17-24(27(33)32-14-12-30(13-15-32)18-22-4-2-1-3-5-22)20-31-10-8-29(9-11-31)19-23-6-7-25-26(16-23)35-21-34-25/h1-7,16,20H,8-15,18-19,21H2/b24-20-. The molecule has 8 nitrogen and oxygen atoms in total. The first-order valence-electron chi connectivity index (χ1n) is 12.2. The largest absolute Gasteiger partial charge is 0.454 e. The number of hydrogen-bond acceptors (Lipinski definition) is 7. The van der Waals surface area contributed by atoms with Crippen molar-refractivity contribution >= 4 is 5.91 Å². The van der Waals surface area contributed by atoms with E-state index in [-0.39, 0.29) is 18.3 Å². The van der Waals surface area contributed by atoms with Gasteiger partial charge < -0.3 is 19.3 Å². The van der Waals surface area contributed by atoms with Crippen LogP contribution >= 0.6 is 0 Å². The summed E-state index contributed by atoms with van der Waals surface area (Å²) in [5.74, 6) is 1.45. The van der Waals surface area contributed by atoms with E-state index < -0.39 is 0 Å². The van der Waals surface area contributed by atoms with Crippen molar-refractivity contribution in [2.75, 3.05) is 59.2 Å². The number of fused-ring (bicyclic) bond motifs is 1. The van der Waals surface area contributed by atoms with E-state index >= 15 is 0 Å². The molecule has 0 atom stereocenters. The zero-order valence-corrected chi connectivity index (χ0v) is 19.9. The summed E-state index contributed by atoms with van der Waals surface area (Å²) in [5.41, 5.74) is 2.70. The minimum absolute atomic E-state index is 0.158. The Labute approximate surface area is 206 Å². The molecular weight excluding hydrogens is 442 g/mol. The second kappa shape index (κ2) is 10.8. The number of hydrogen-bond donors (Lipinski definition) is 0. The summed E-state index contributed by atoms with van der Waals surface area (Å²) < 4.78 is 10.9. The quantitative estimate of drug-likeness (QED) is 0.471. The molecule has 8 heteroatoms. The maximum atomic E-state index is 13.0. The minimum Gasteiger partial charge on any atom is -0.454 e. The molecule has 0 radical (unpaired) electrons. The molecule has 3 aliphatic rings. The predicted molar refractivity (Wildman–Crippen MR) is 131 cm³/mol. The SMILES string of the molecule is N#C/C(=C/N1CCN(Cc2ccc3c(c2)OCO3)CC1)C(=O)N1CCN(Cc2ccccc2)CC1. The molecule has 3 heterocycles. The molecular formula is C27H31N5O3. The van der Waals surface area contributed by atoms with Crippen molar-refractivity contribution in [2.45, 2.75) is 13.1 Å². The van der Waals surface area contributed by atoms with E-state index in [4.69, 9.17) is 9.47 Å². The second-order valence-corrected chi connectivity index (χ2v) is 9.21. The smallest absolute Gasteiger partial charge is 0.266 e. The first-order valence-corrected chi connectivity index (χ1v) is 12.2. The van der Waals surface area contributed by atoms with Gasteiger partial charge in [-0.1, -0.05) is 36.4 Å². The van der Waals surface area contributed by atoms with E-state index in [1.807, 2.05) is 23.1 Å². The fourth-order valence-corrected chi connectivity index (χ4v) is 4.78. The van der Waals surface area contributed by atoms with E-state index in [1.54, 1.807) is 6.20 Å². The lowest BCUT2D eigenvalue weighted by molar-refractivity contribution is -0.128. The normalized spacial score (nSPS) is 19.0. The first kappa shape index (κ1) is 23.2. The van der Waals surface area contributed by atoms with Crippen LogP contribution in [0.2, 0.25) is 0 Å². The number of amides is 1. The molecule has 182 valence electrons. The van der Waals surface area contributed by atoms with Gasteiger partial charge in [0.15, 0.2) is 11.5 Å². The number of benzene rings is 2. The highest BCUT2D eigenvalue weighted by molar-refractivity contribution is 5.97. The van der Waals surface area contributed by atoms with Gasteiger partial charge in [-0.2, -0.15) is 5.26 Å². The van der Waals surface area contributed by atoms with Gasteiger partial charge in [-0.3, -0.25) is 14.6 Å². The van der Waals surface area contributed by atoms with Gasteiger partial charge >= 0.3 is 0 Å². The highest BCUT2D eigenvalue weighted by atomic mass is 16.7. The molecule has 5 rings (SSSR count). The van der Waals surface area contributed by atoms with Crippen LogP contribution in [0.3, 0.4) is 0 Å². The van der Waals surface area contributed by atoms with Crippen LogP contribution in [0.25, 0.3) is 0 Å². The number of rotatable bonds is 6. The summed E-state index contributed by atoms with van der Waals surface area (Å²) in [6.07, 6.45) is 1.76. The average molecular weight is 474 g/mol. The Balaban J connectivity index is 1.10. The van der Waals surface area contributed by atoms with Crippen LogP contribution in [-0.4, -0.2) is 84.7 Å². The number of nitrogens with zero attached hydrogens (tertiary/aromatic N) is 5.